The lowest BCUT2D eigenvalue weighted by Crippen LogP contribution is -2.11. The molecule has 13 heavy (non-hydrogen) atoms. The minimum absolute atomic E-state index is 0.403. The van der Waals surface area contributed by atoms with E-state index in [2.05, 4.69) is 34.6 Å². The highest BCUT2D eigenvalue weighted by molar-refractivity contribution is 4.51. The van der Waals surface area contributed by atoms with Crippen LogP contribution in [0.1, 0.15) is 41.0 Å². The van der Waals surface area contributed by atoms with Gasteiger partial charge in [-0.25, -0.2) is 0 Å². The van der Waals surface area contributed by atoms with Crippen LogP contribution >= 0.6 is 0 Å². The topological polar surface area (TPSA) is 18.5 Å². The monoisotopic (exact) mass is 190 g/mol. The third-order valence-electron chi connectivity index (χ3n) is 2.29. The Hall–Kier alpha value is -0.0800. The summed E-state index contributed by atoms with van der Waals surface area (Å²) in [7, 11) is 3.47. The molecule has 0 saturated carbocycles. The summed E-state index contributed by atoms with van der Waals surface area (Å²) >= 11 is 0. The van der Waals surface area contributed by atoms with Gasteiger partial charge in [0.2, 0.25) is 0 Å². The molecule has 2 atom stereocenters. The van der Waals surface area contributed by atoms with Crippen LogP contribution in [0.4, 0.5) is 0 Å². The first-order chi connectivity index (χ1) is 5.99. The van der Waals surface area contributed by atoms with Gasteiger partial charge in [0, 0.05) is 14.2 Å². The Bertz CT molecular complexity index is 88.1. The molecule has 2 unspecified atom stereocenters. The summed E-state index contributed by atoms with van der Waals surface area (Å²) in [5, 5.41) is 0. The Morgan fingerprint density at radius 3 is 1.38 bits per heavy atom. The molecule has 0 aliphatic rings. The molecule has 0 rings (SSSR count). The zero-order valence-corrected chi connectivity index (χ0v) is 10.3. The van der Waals surface area contributed by atoms with E-state index in [1.165, 1.54) is 0 Å². The summed E-state index contributed by atoms with van der Waals surface area (Å²) in [5.74, 6) is 0.644. The van der Waals surface area contributed by atoms with Crippen LogP contribution in [0.25, 0.3) is 0 Å². The first kappa shape index (κ1) is 15.4. The van der Waals surface area contributed by atoms with Crippen molar-refractivity contribution in [1.29, 1.82) is 0 Å². The third-order valence-corrected chi connectivity index (χ3v) is 2.29. The average Bonchev–Trinajstić information content (AvgIpc) is 2.16. The highest BCUT2D eigenvalue weighted by Crippen LogP contribution is 2.01. The molecule has 0 aliphatic carbocycles. The van der Waals surface area contributed by atoms with Crippen molar-refractivity contribution in [3.8, 4) is 0 Å². The normalized spacial score (nSPS) is 14.8. The van der Waals surface area contributed by atoms with E-state index in [1.807, 2.05) is 0 Å². The number of hydrogen-bond donors (Lipinski definition) is 0. The Morgan fingerprint density at radius 1 is 0.923 bits per heavy atom. The molecular formula is C11H26O2. The third kappa shape index (κ3) is 11.9. The van der Waals surface area contributed by atoms with E-state index < -0.39 is 0 Å². The molecule has 0 heterocycles. The average molecular weight is 190 g/mol. The predicted molar refractivity (Wildman–Crippen MR) is 58.1 cm³/mol. The van der Waals surface area contributed by atoms with Gasteiger partial charge in [-0.1, -0.05) is 20.8 Å². The predicted octanol–water partition coefficient (Wildman–Crippen LogP) is 3.11. The molecule has 0 spiro atoms. The number of hydrogen-bond acceptors (Lipinski definition) is 2. The van der Waals surface area contributed by atoms with Gasteiger partial charge in [-0.05, 0) is 26.2 Å². The van der Waals surface area contributed by atoms with Crippen LogP contribution in [0, 0.1) is 5.92 Å². The van der Waals surface area contributed by atoms with Gasteiger partial charge in [-0.2, -0.15) is 0 Å². The summed E-state index contributed by atoms with van der Waals surface area (Å²) in [5.41, 5.74) is 0. The summed E-state index contributed by atoms with van der Waals surface area (Å²) in [4.78, 5) is 0. The molecule has 0 aliphatic heterocycles. The molecule has 0 saturated heterocycles. The highest BCUT2D eigenvalue weighted by Gasteiger charge is 2.01. The molecule has 0 fully saturated rings. The Labute approximate surface area is 83.6 Å². The van der Waals surface area contributed by atoms with Crippen molar-refractivity contribution < 1.29 is 9.47 Å². The highest BCUT2D eigenvalue weighted by atomic mass is 16.5. The molecule has 0 N–H and O–H groups in total. The summed E-state index contributed by atoms with van der Waals surface area (Å²) in [6, 6.07) is 0. The summed E-state index contributed by atoms with van der Waals surface area (Å²) in [6.07, 6.45) is 1.95. The maximum absolute atomic E-state index is 5.01. The molecule has 2 nitrogen and oxygen atoms in total. The van der Waals surface area contributed by atoms with Crippen LogP contribution in [0.15, 0.2) is 0 Å². The van der Waals surface area contributed by atoms with Gasteiger partial charge in [0.15, 0.2) is 0 Å². The number of rotatable bonds is 4. The Kier molecular flexibility index (Phi) is 11.8. The van der Waals surface area contributed by atoms with Gasteiger partial charge in [0.1, 0.15) is 0 Å². The molecule has 82 valence electrons. The van der Waals surface area contributed by atoms with E-state index in [-0.39, 0.29) is 0 Å². The standard InChI is InChI=1S/C6H14O.C5H12O/c1-5(2)6(3)7-4;1-4-5(2)6-3/h5-6H,1-4H3;5H,4H2,1-3H3. The van der Waals surface area contributed by atoms with Gasteiger partial charge < -0.3 is 9.47 Å². The van der Waals surface area contributed by atoms with Gasteiger partial charge in [-0.15, -0.1) is 0 Å². The van der Waals surface area contributed by atoms with E-state index in [0.29, 0.717) is 18.1 Å². The van der Waals surface area contributed by atoms with Gasteiger partial charge in [0.25, 0.3) is 0 Å². The quantitative estimate of drug-likeness (QED) is 0.678. The number of ether oxygens (including phenoxy) is 2. The first-order valence-electron chi connectivity index (χ1n) is 5.05. The van der Waals surface area contributed by atoms with E-state index in [1.54, 1.807) is 14.2 Å². The zero-order valence-electron chi connectivity index (χ0n) is 10.3. The van der Waals surface area contributed by atoms with Gasteiger partial charge in [-0.3, -0.25) is 0 Å². The number of methoxy groups -OCH3 is 2. The van der Waals surface area contributed by atoms with Crippen molar-refractivity contribution in [3.05, 3.63) is 0 Å². The Balaban J connectivity index is 0. The lowest BCUT2D eigenvalue weighted by Gasteiger charge is -2.11. The van der Waals surface area contributed by atoms with Crippen molar-refractivity contribution in [2.24, 2.45) is 5.92 Å². The van der Waals surface area contributed by atoms with Crippen molar-refractivity contribution >= 4 is 0 Å². The van der Waals surface area contributed by atoms with Crippen molar-refractivity contribution in [3.63, 3.8) is 0 Å². The fourth-order valence-electron chi connectivity index (χ4n) is 0.439. The van der Waals surface area contributed by atoms with Gasteiger partial charge in [0.05, 0.1) is 12.2 Å². The fourth-order valence-corrected chi connectivity index (χ4v) is 0.439. The summed E-state index contributed by atoms with van der Waals surface area (Å²) < 4.78 is 9.91. The molecule has 2 heteroatoms. The maximum Gasteiger partial charge on any atom is 0.0566 e. The second-order valence-electron chi connectivity index (χ2n) is 3.64. The minimum atomic E-state index is 0.403. The van der Waals surface area contributed by atoms with Crippen LogP contribution in [0.3, 0.4) is 0 Å². The van der Waals surface area contributed by atoms with E-state index >= 15 is 0 Å². The molecule has 0 bridgehead atoms. The molecule has 0 aromatic heterocycles. The SMILES string of the molecule is CCC(C)OC.COC(C)C(C)C. The smallest absolute Gasteiger partial charge is 0.0566 e. The maximum atomic E-state index is 5.01. The Morgan fingerprint density at radius 2 is 1.38 bits per heavy atom. The van der Waals surface area contributed by atoms with Crippen LogP contribution < -0.4 is 0 Å². The van der Waals surface area contributed by atoms with Crippen LogP contribution in [-0.4, -0.2) is 26.4 Å². The van der Waals surface area contributed by atoms with Gasteiger partial charge >= 0.3 is 0 Å². The van der Waals surface area contributed by atoms with Crippen molar-refractivity contribution in [1.82, 2.24) is 0 Å². The van der Waals surface area contributed by atoms with E-state index in [9.17, 15) is 0 Å². The fraction of sp³-hybridized carbons (Fsp3) is 1.00. The zero-order chi connectivity index (χ0) is 10.9. The second kappa shape index (κ2) is 10.0. The first-order valence-corrected chi connectivity index (χ1v) is 5.05. The van der Waals surface area contributed by atoms with Crippen LogP contribution in [0.5, 0.6) is 0 Å². The van der Waals surface area contributed by atoms with Crippen LogP contribution in [0.2, 0.25) is 0 Å². The second-order valence-corrected chi connectivity index (χ2v) is 3.64. The van der Waals surface area contributed by atoms with Crippen molar-refractivity contribution in [2.75, 3.05) is 14.2 Å². The lowest BCUT2D eigenvalue weighted by atomic mass is 10.1. The van der Waals surface area contributed by atoms with E-state index in [0.717, 1.165) is 6.42 Å². The molecule has 0 radical (unpaired) electrons. The summed E-state index contributed by atoms with van der Waals surface area (Å²) in [6.45, 7) is 10.5. The molecule has 0 aromatic rings. The van der Waals surface area contributed by atoms with Crippen molar-refractivity contribution in [2.45, 2.75) is 53.2 Å². The lowest BCUT2D eigenvalue weighted by molar-refractivity contribution is 0.0805. The minimum Gasteiger partial charge on any atom is -0.382 e. The largest absolute Gasteiger partial charge is 0.382 e. The van der Waals surface area contributed by atoms with Crippen LogP contribution in [-0.2, 0) is 9.47 Å². The van der Waals surface area contributed by atoms with E-state index in [4.69, 9.17) is 9.47 Å². The molecule has 0 aromatic carbocycles. The molecular weight excluding hydrogens is 164 g/mol. The molecule has 0 amide bonds.